The van der Waals surface area contributed by atoms with E-state index in [0.29, 0.717) is 12.3 Å². The third-order valence-electron chi connectivity index (χ3n) is 3.67. The summed E-state index contributed by atoms with van der Waals surface area (Å²) in [6.45, 7) is 5.15. The van der Waals surface area contributed by atoms with Gasteiger partial charge in [0, 0.05) is 6.54 Å². The molecule has 18 heavy (non-hydrogen) atoms. The van der Waals surface area contributed by atoms with Gasteiger partial charge in [-0.2, -0.15) is 0 Å². The van der Waals surface area contributed by atoms with E-state index in [1.54, 1.807) is 11.8 Å². The van der Waals surface area contributed by atoms with E-state index in [-0.39, 0.29) is 23.2 Å². The van der Waals surface area contributed by atoms with Crippen molar-refractivity contribution in [1.82, 2.24) is 5.32 Å². The summed E-state index contributed by atoms with van der Waals surface area (Å²) in [6.07, 6.45) is -0.480. The maximum absolute atomic E-state index is 11.7. The van der Waals surface area contributed by atoms with Crippen LogP contribution in [0.2, 0.25) is 0 Å². The number of carbonyl (C=O) groups excluding carboxylic acids is 1. The summed E-state index contributed by atoms with van der Waals surface area (Å²) < 4.78 is 5.25. The molecule has 5 atom stereocenters. The SMILES string of the molecule is CC(C)CNC1=N[C@H]2[C@H]3OC(=O)[C@H](C[C@H]3O)[C@H]2S1. The number of esters is 1. The Balaban J connectivity index is 1.73. The van der Waals surface area contributed by atoms with Gasteiger partial charge in [0.25, 0.3) is 0 Å². The van der Waals surface area contributed by atoms with E-state index in [0.717, 1.165) is 11.7 Å². The molecule has 1 saturated carbocycles. The van der Waals surface area contributed by atoms with Crippen molar-refractivity contribution in [3.63, 3.8) is 0 Å². The van der Waals surface area contributed by atoms with Crippen LogP contribution in [0.15, 0.2) is 4.99 Å². The van der Waals surface area contributed by atoms with Gasteiger partial charge >= 0.3 is 5.97 Å². The van der Waals surface area contributed by atoms with E-state index in [2.05, 4.69) is 24.2 Å². The minimum Gasteiger partial charge on any atom is -0.457 e. The standard InChI is InChI=1S/C12H18N2O3S/c1-5(2)4-13-12-14-8-9-7(15)3-6(10(8)18-12)11(16)17-9/h5-10,15H,3-4H2,1-2H3,(H,13,14)/t6-,7-,8+,9+,10-/m1/s1. The number of fused-ring (bicyclic) bond motifs is 2. The highest BCUT2D eigenvalue weighted by Crippen LogP contribution is 2.45. The van der Waals surface area contributed by atoms with E-state index < -0.39 is 12.2 Å². The maximum Gasteiger partial charge on any atom is 0.310 e. The van der Waals surface area contributed by atoms with Crippen LogP contribution in [0.5, 0.6) is 0 Å². The smallest absolute Gasteiger partial charge is 0.310 e. The minimum atomic E-state index is -0.553. The first-order valence-electron chi connectivity index (χ1n) is 6.43. The molecule has 0 radical (unpaired) electrons. The molecule has 5 nitrogen and oxygen atoms in total. The van der Waals surface area contributed by atoms with Crippen molar-refractivity contribution in [3.05, 3.63) is 0 Å². The van der Waals surface area contributed by atoms with E-state index in [4.69, 9.17) is 4.74 Å². The predicted octanol–water partition coefficient (Wildman–Crippen LogP) is 0.378. The molecule has 3 heterocycles. The molecule has 3 fully saturated rings. The molecule has 2 bridgehead atoms. The van der Waals surface area contributed by atoms with Gasteiger partial charge in [-0.25, -0.2) is 0 Å². The number of rotatable bonds is 2. The molecule has 0 spiro atoms. The van der Waals surface area contributed by atoms with Gasteiger partial charge < -0.3 is 15.2 Å². The molecule has 0 amide bonds. The summed E-state index contributed by atoms with van der Waals surface area (Å²) in [5.41, 5.74) is 0. The quantitative estimate of drug-likeness (QED) is 0.710. The van der Waals surface area contributed by atoms with Crippen LogP contribution in [0.25, 0.3) is 0 Å². The molecular weight excluding hydrogens is 252 g/mol. The summed E-state index contributed by atoms with van der Waals surface area (Å²) in [5, 5.41) is 14.2. The molecule has 1 aliphatic carbocycles. The number of aliphatic hydroxyl groups is 1. The number of aliphatic imine (C=N–C) groups is 1. The Morgan fingerprint density at radius 1 is 1.61 bits per heavy atom. The molecule has 3 aliphatic heterocycles. The van der Waals surface area contributed by atoms with Crippen molar-refractivity contribution in [3.8, 4) is 0 Å². The lowest BCUT2D eigenvalue weighted by Crippen LogP contribution is -2.59. The van der Waals surface area contributed by atoms with Gasteiger partial charge in [-0.15, -0.1) is 0 Å². The zero-order valence-corrected chi connectivity index (χ0v) is 11.3. The minimum absolute atomic E-state index is 0.0730. The average molecular weight is 270 g/mol. The van der Waals surface area contributed by atoms with Crippen molar-refractivity contribution in [1.29, 1.82) is 0 Å². The molecule has 2 N–H and O–H groups in total. The second kappa shape index (κ2) is 4.42. The van der Waals surface area contributed by atoms with Crippen molar-refractivity contribution in [2.24, 2.45) is 16.8 Å². The lowest BCUT2D eigenvalue weighted by Gasteiger charge is -2.44. The third-order valence-corrected chi connectivity index (χ3v) is 5.03. The number of nitrogens with one attached hydrogen (secondary N) is 1. The predicted molar refractivity (Wildman–Crippen MR) is 69.4 cm³/mol. The van der Waals surface area contributed by atoms with Crippen LogP contribution in [0.3, 0.4) is 0 Å². The first kappa shape index (κ1) is 12.3. The number of thioether (sulfide) groups is 1. The first-order chi connectivity index (χ1) is 8.56. The van der Waals surface area contributed by atoms with Crippen LogP contribution in [0.1, 0.15) is 20.3 Å². The highest BCUT2D eigenvalue weighted by atomic mass is 32.2. The van der Waals surface area contributed by atoms with Crippen LogP contribution >= 0.6 is 11.8 Å². The molecule has 0 aromatic rings. The van der Waals surface area contributed by atoms with Gasteiger partial charge in [-0.1, -0.05) is 25.6 Å². The number of hydrogen-bond donors (Lipinski definition) is 2. The largest absolute Gasteiger partial charge is 0.457 e. The summed E-state index contributed by atoms with van der Waals surface area (Å²) in [6, 6.07) is -0.0730. The number of ether oxygens (including phenoxy) is 1. The van der Waals surface area contributed by atoms with Crippen LogP contribution in [0.4, 0.5) is 0 Å². The molecule has 2 saturated heterocycles. The lowest BCUT2D eigenvalue weighted by molar-refractivity contribution is -0.184. The third kappa shape index (κ3) is 1.91. The zero-order valence-electron chi connectivity index (χ0n) is 10.5. The number of nitrogens with zero attached hydrogens (tertiary/aromatic N) is 1. The number of aliphatic hydroxyl groups excluding tert-OH is 1. The molecule has 6 heteroatoms. The van der Waals surface area contributed by atoms with E-state index >= 15 is 0 Å². The van der Waals surface area contributed by atoms with Crippen LogP contribution in [-0.4, -0.2) is 46.3 Å². The van der Waals surface area contributed by atoms with Crippen molar-refractivity contribution < 1.29 is 14.6 Å². The van der Waals surface area contributed by atoms with Gasteiger partial charge in [0.05, 0.1) is 17.3 Å². The number of hydrogen-bond acceptors (Lipinski definition) is 6. The Labute approximate surface area is 110 Å². The fourth-order valence-corrected chi connectivity index (χ4v) is 4.10. The molecule has 100 valence electrons. The van der Waals surface area contributed by atoms with Crippen LogP contribution in [-0.2, 0) is 9.53 Å². The Hall–Kier alpha value is -0.750. The lowest BCUT2D eigenvalue weighted by atomic mass is 9.78. The molecular formula is C12H18N2O3S. The average Bonchev–Trinajstić information content (AvgIpc) is 2.73. The van der Waals surface area contributed by atoms with Crippen molar-refractivity contribution >= 4 is 22.9 Å². The van der Waals surface area contributed by atoms with Gasteiger partial charge in [0.15, 0.2) is 11.3 Å². The summed E-state index contributed by atoms with van der Waals surface area (Å²) in [4.78, 5) is 16.3. The fourth-order valence-electron chi connectivity index (χ4n) is 2.75. The van der Waals surface area contributed by atoms with E-state index in [1.807, 2.05) is 0 Å². The Morgan fingerprint density at radius 2 is 2.39 bits per heavy atom. The summed E-state index contributed by atoms with van der Waals surface area (Å²) in [7, 11) is 0. The highest BCUT2D eigenvalue weighted by Gasteiger charge is 2.57. The van der Waals surface area contributed by atoms with E-state index in [1.165, 1.54) is 0 Å². The van der Waals surface area contributed by atoms with Gasteiger partial charge in [0.2, 0.25) is 0 Å². The summed E-state index contributed by atoms with van der Waals surface area (Å²) in [5.74, 6) is 0.178. The summed E-state index contributed by atoms with van der Waals surface area (Å²) >= 11 is 1.63. The van der Waals surface area contributed by atoms with Gasteiger partial charge in [-0.05, 0) is 12.3 Å². The Kier molecular flexibility index (Phi) is 3.02. The second-order valence-electron chi connectivity index (χ2n) is 5.59. The topological polar surface area (TPSA) is 70.9 Å². The maximum atomic E-state index is 11.7. The normalized spacial score (nSPS) is 41.7. The van der Waals surface area contributed by atoms with Crippen molar-refractivity contribution in [2.45, 2.75) is 43.8 Å². The Bertz CT molecular complexity index is 399. The van der Waals surface area contributed by atoms with Crippen LogP contribution < -0.4 is 5.32 Å². The Morgan fingerprint density at radius 3 is 3.11 bits per heavy atom. The second-order valence-corrected chi connectivity index (χ2v) is 6.76. The van der Waals surface area contributed by atoms with E-state index in [9.17, 15) is 9.90 Å². The fraction of sp³-hybridized carbons (Fsp3) is 0.833. The zero-order chi connectivity index (χ0) is 12.9. The van der Waals surface area contributed by atoms with Crippen LogP contribution in [0, 0.1) is 11.8 Å². The highest BCUT2D eigenvalue weighted by molar-refractivity contribution is 8.14. The molecule has 0 aromatic heterocycles. The molecule has 4 aliphatic rings. The first-order valence-corrected chi connectivity index (χ1v) is 7.31. The number of amidine groups is 1. The van der Waals surface area contributed by atoms with Gasteiger partial charge in [0.1, 0.15) is 6.04 Å². The molecule has 4 rings (SSSR count). The molecule has 0 aromatic carbocycles. The number of carbonyl (C=O) groups is 1. The monoisotopic (exact) mass is 270 g/mol. The van der Waals surface area contributed by atoms with Gasteiger partial charge in [-0.3, -0.25) is 9.79 Å². The van der Waals surface area contributed by atoms with Crippen molar-refractivity contribution in [2.75, 3.05) is 6.54 Å². The molecule has 0 unspecified atom stereocenters.